The SMILES string of the molecule is [c]1c(-c2cccn3cnnc23)ccn2ccnc12. The van der Waals surface area contributed by atoms with Crippen molar-refractivity contribution in [3.63, 3.8) is 0 Å². The van der Waals surface area contributed by atoms with Gasteiger partial charge >= 0.3 is 0 Å². The molecular weight excluding hydrogens is 226 g/mol. The zero-order valence-corrected chi connectivity index (χ0v) is 9.35. The van der Waals surface area contributed by atoms with Gasteiger partial charge in [-0.15, -0.1) is 10.2 Å². The third-order valence-electron chi connectivity index (χ3n) is 2.93. The highest BCUT2D eigenvalue weighted by molar-refractivity contribution is 5.78. The largest absolute Gasteiger partial charge is 0.307 e. The molecule has 0 saturated heterocycles. The Labute approximate surface area is 102 Å². The molecule has 5 nitrogen and oxygen atoms in total. The Morgan fingerprint density at radius 2 is 2.06 bits per heavy atom. The molecule has 85 valence electrons. The van der Waals surface area contributed by atoms with Crippen molar-refractivity contribution in [2.24, 2.45) is 0 Å². The van der Waals surface area contributed by atoms with Crippen LogP contribution in [0.1, 0.15) is 0 Å². The lowest BCUT2D eigenvalue weighted by Gasteiger charge is -2.03. The number of imidazole rings is 1. The fraction of sp³-hybridized carbons (Fsp3) is 0. The smallest absolute Gasteiger partial charge is 0.168 e. The number of nitrogens with zero attached hydrogens (tertiary/aromatic N) is 5. The van der Waals surface area contributed by atoms with Gasteiger partial charge in [-0.2, -0.15) is 0 Å². The maximum absolute atomic E-state index is 4.24. The topological polar surface area (TPSA) is 47.5 Å². The first kappa shape index (κ1) is 9.35. The molecule has 0 fully saturated rings. The van der Waals surface area contributed by atoms with Crippen LogP contribution in [0.15, 0.2) is 49.3 Å². The summed E-state index contributed by atoms with van der Waals surface area (Å²) < 4.78 is 3.81. The van der Waals surface area contributed by atoms with Crippen LogP contribution in [0, 0.1) is 6.07 Å². The fourth-order valence-electron chi connectivity index (χ4n) is 2.07. The van der Waals surface area contributed by atoms with Gasteiger partial charge in [0.15, 0.2) is 5.65 Å². The number of aromatic nitrogens is 5. The van der Waals surface area contributed by atoms with Gasteiger partial charge in [0.1, 0.15) is 12.0 Å². The highest BCUT2D eigenvalue weighted by Gasteiger charge is 2.07. The minimum atomic E-state index is 0.800. The molecule has 4 aromatic rings. The number of hydrogen-bond acceptors (Lipinski definition) is 3. The summed E-state index contributed by atoms with van der Waals surface area (Å²) in [6.45, 7) is 0. The van der Waals surface area contributed by atoms with Crippen LogP contribution < -0.4 is 0 Å². The first-order valence-corrected chi connectivity index (χ1v) is 5.55. The van der Waals surface area contributed by atoms with Gasteiger partial charge in [0.25, 0.3) is 0 Å². The first-order chi connectivity index (χ1) is 8.92. The lowest BCUT2D eigenvalue weighted by Crippen LogP contribution is -1.89. The van der Waals surface area contributed by atoms with E-state index in [1.807, 2.05) is 45.6 Å². The molecule has 0 aliphatic rings. The molecule has 5 heteroatoms. The van der Waals surface area contributed by atoms with E-state index in [9.17, 15) is 0 Å². The van der Waals surface area contributed by atoms with Gasteiger partial charge < -0.3 is 4.40 Å². The molecule has 18 heavy (non-hydrogen) atoms. The number of hydrogen-bond donors (Lipinski definition) is 0. The van der Waals surface area contributed by atoms with E-state index in [1.54, 1.807) is 12.5 Å². The van der Waals surface area contributed by atoms with Crippen molar-refractivity contribution in [2.45, 2.75) is 0 Å². The summed E-state index contributed by atoms with van der Waals surface area (Å²) in [4.78, 5) is 4.24. The van der Waals surface area contributed by atoms with E-state index >= 15 is 0 Å². The molecule has 0 aliphatic heterocycles. The van der Waals surface area contributed by atoms with Crippen LogP contribution in [0.25, 0.3) is 22.4 Å². The Morgan fingerprint density at radius 1 is 1.06 bits per heavy atom. The third kappa shape index (κ3) is 1.24. The van der Waals surface area contributed by atoms with Crippen LogP contribution in [0.4, 0.5) is 0 Å². The molecular formula is C13H8N5. The summed E-state index contributed by atoms with van der Waals surface area (Å²) in [6.07, 6.45) is 9.23. The summed E-state index contributed by atoms with van der Waals surface area (Å²) in [5.74, 6) is 0. The van der Waals surface area contributed by atoms with Gasteiger partial charge in [-0.3, -0.25) is 4.40 Å². The third-order valence-corrected chi connectivity index (χ3v) is 2.93. The zero-order valence-electron chi connectivity index (χ0n) is 9.35. The Morgan fingerprint density at radius 3 is 3.06 bits per heavy atom. The van der Waals surface area contributed by atoms with Crippen molar-refractivity contribution in [3.8, 4) is 11.1 Å². The quantitative estimate of drug-likeness (QED) is 0.505. The summed E-state index contributed by atoms with van der Waals surface area (Å²) in [5, 5.41) is 8.05. The van der Waals surface area contributed by atoms with Crippen LogP contribution in [0.2, 0.25) is 0 Å². The molecule has 0 aromatic carbocycles. The molecule has 0 N–H and O–H groups in total. The van der Waals surface area contributed by atoms with E-state index in [0.29, 0.717) is 0 Å². The van der Waals surface area contributed by atoms with Crippen LogP contribution in [-0.2, 0) is 0 Å². The van der Waals surface area contributed by atoms with Crippen LogP contribution in [-0.4, -0.2) is 24.0 Å². The fourth-order valence-corrected chi connectivity index (χ4v) is 2.07. The van der Waals surface area contributed by atoms with Gasteiger partial charge in [-0.05, 0) is 23.8 Å². The lowest BCUT2D eigenvalue weighted by molar-refractivity contribution is 1.10. The van der Waals surface area contributed by atoms with Crippen LogP contribution in [0.3, 0.4) is 0 Å². The van der Waals surface area contributed by atoms with Gasteiger partial charge in [0.05, 0.1) is 0 Å². The van der Waals surface area contributed by atoms with E-state index < -0.39 is 0 Å². The van der Waals surface area contributed by atoms with E-state index in [4.69, 9.17) is 0 Å². The second kappa shape index (κ2) is 3.40. The lowest BCUT2D eigenvalue weighted by atomic mass is 10.1. The molecule has 4 aromatic heterocycles. The van der Waals surface area contributed by atoms with Gasteiger partial charge in [0.2, 0.25) is 0 Å². The zero-order chi connectivity index (χ0) is 11.9. The number of rotatable bonds is 1. The highest BCUT2D eigenvalue weighted by Crippen LogP contribution is 2.23. The number of pyridine rings is 2. The normalized spacial score (nSPS) is 11.3. The first-order valence-electron chi connectivity index (χ1n) is 5.55. The maximum Gasteiger partial charge on any atom is 0.168 e. The molecule has 0 bridgehead atoms. The Balaban J connectivity index is 2.03. The van der Waals surface area contributed by atoms with E-state index in [0.717, 1.165) is 22.4 Å². The second-order valence-electron chi connectivity index (χ2n) is 4.00. The van der Waals surface area contributed by atoms with Crippen molar-refractivity contribution < 1.29 is 0 Å². The summed E-state index contributed by atoms with van der Waals surface area (Å²) in [5.41, 5.74) is 3.59. The molecule has 0 saturated carbocycles. The average molecular weight is 234 g/mol. The van der Waals surface area contributed by atoms with Crippen LogP contribution >= 0.6 is 0 Å². The Bertz CT molecular complexity index is 842. The van der Waals surface area contributed by atoms with Crippen molar-refractivity contribution in [1.29, 1.82) is 0 Å². The molecule has 4 heterocycles. The Hall–Kier alpha value is -2.69. The standard InChI is InChI=1S/C13H8N5/c1-2-11(13-16-15-9-18(13)5-1)10-3-6-17-7-4-14-12(17)8-10/h1-7,9H. The van der Waals surface area contributed by atoms with Crippen molar-refractivity contribution in [1.82, 2.24) is 24.0 Å². The van der Waals surface area contributed by atoms with E-state index in [-0.39, 0.29) is 0 Å². The molecule has 0 unspecified atom stereocenters. The number of fused-ring (bicyclic) bond motifs is 2. The second-order valence-corrected chi connectivity index (χ2v) is 4.00. The highest BCUT2D eigenvalue weighted by atomic mass is 15.2. The minimum absolute atomic E-state index is 0.800. The maximum atomic E-state index is 4.24. The molecule has 4 rings (SSSR count). The van der Waals surface area contributed by atoms with E-state index in [2.05, 4.69) is 21.2 Å². The average Bonchev–Trinajstić information content (AvgIpc) is 3.05. The predicted octanol–water partition coefficient (Wildman–Crippen LogP) is 1.84. The molecule has 0 amide bonds. The molecule has 0 spiro atoms. The molecule has 0 aliphatic carbocycles. The summed E-state index contributed by atoms with van der Waals surface area (Å²) >= 11 is 0. The molecule has 1 radical (unpaired) electrons. The molecule has 0 atom stereocenters. The van der Waals surface area contributed by atoms with Gasteiger partial charge in [0, 0.05) is 36.4 Å². The Kier molecular flexibility index (Phi) is 1.77. The van der Waals surface area contributed by atoms with Crippen molar-refractivity contribution in [2.75, 3.05) is 0 Å². The monoisotopic (exact) mass is 234 g/mol. The van der Waals surface area contributed by atoms with Crippen molar-refractivity contribution >= 4 is 11.3 Å². The van der Waals surface area contributed by atoms with Gasteiger partial charge in [-0.25, -0.2) is 4.98 Å². The summed E-state index contributed by atoms with van der Waals surface area (Å²) in [6, 6.07) is 9.25. The van der Waals surface area contributed by atoms with Crippen molar-refractivity contribution in [3.05, 3.63) is 55.4 Å². The predicted molar refractivity (Wildman–Crippen MR) is 66.0 cm³/mol. The summed E-state index contributed by atoms with van der Waals surface area (Å²) in [7, 11) is 0. The van der Waals surface area contributed by atoms with Crippen LogP contribution in [0.5, 0.6) is 0 Å². The van der Waals surface area contributed by atoms with Gasteiger partial charge in [-0.1, -0.05) is 0 Å². The van der Waals surface area contributed by atoms with E-state index in [1.165, 1.54) is 0 Å². The minimum Gasteiger partial charge on any atom is -0.307 e.